The van der Waals surface area contributed by atoms with Gasteiger partial charge in [0.15, 0.2) is 0 Å². The second kappa shape index (κ2) is 10.8. The Morgan fingerprint density at radius 1 is 1.10 bits per heavy atom. The van der Waals surface area contributed by atoms with E-state index in [2.05, 4.69) is 11.8 Å². The smallest absolute Gasteiger partial charge is 0.256 e. The van der Waals surface area contributed by atoms with E-state index in [1.165, 1.54) is 4.31 Å². The molecule has 1 unspecified atom stereocenters. The van der Waals surface area contributed by atoms with Crippen LogP contribution >= 0.6 is 0 Å². The molecular weight excluding hydrogens is 414 g/mol. The van der Waals surface area contributed by atoms with Crippen LogP contribution in [0.3, 0.4) is 0 Å². The number of likely N-dealkylation sites (tertiary alicyclic amines) is 1. The van der Waals surface area contributed by atoms with Gasteiger partial charge in [-0.05, 0) is 50.3 Å². The fourth-order valence-electron chi connectivity index (χ4n) is 4.51. The van der Waals surface area contributed by atoms with Crippen molar-refractivity contribution in [2.45, 2.75) is 63.9 Å². The summed E-state index contributed by atoms with van der Waals surface area (Å²) < 4.78 is 33.6. The molecule has 2 heterocycles. The van der Waals surface area contributed by atoms with E-state index >= 15 is 0 Å². The monoisotopic (exact) mass is 451 g/mol. The Bertz CT molecular complexity index is 848. The van der Waals surface area contributed by atoms with Crippen molar-refractivity contribution in [3.8, 4) is 0 Å². The molecule has 0 aromatic heterocycles. The lowest BCUT2D eigenvalue weighted by Gasteiger charge is -2.34. The zero-order chi connectivity index (χ0) is 22.4. The molecule has 2 saturated heterocycles. The first kappa shape index (κ1) is 24.0. The number of nitrogens with zero attached hydrogens (tertiary/aromatic N) is 3. The van der Waals surface area contributed by atoms with Gasteiger partial charge in [-0.2, -0.15) is 4.31 Å². The molecule has 1 aromatic rings. The lowest BCUT2D eigenvalue weighted by atomic mass is 10.1. The van der Waals surface area contributed by atoms with Crippen LogP contribution in [-0.4, -0.2) is 75.5 Å². The highest BCUT2D eigenvalue weighted by atomic mass is 32.2. The molecule has 2 aliphatic rings. The van der Waals surface area contributed by atoms with Crippen LogP contribution in [0.15, 0.2) is 23.1 Å². The van der Waals surface area contributed by atoms with E-state index < -0.39 is 10.0 Å². The Hall–Kier alpha value is -1.64. The molecule has 7 nitrogen and oxygen atoms in total. The first-order valence-corrected chi connectivity index (χ1v) is 13.2. The van der Waals surface area contributed by atoms with Crippen molar-refractivity contribution in [2.24, 2.45) is 0 Å². The highest BCUT2D eigenvalue weighted by molar-refractivity contribution is 7.89. The zero-order valence-corrected chi connectivity index (χ0v) is 20.0. The molecule has 3 rings (SSSR count). The number of hydrogen-bond donors (Lipinski definition) is 0. The average Bonchev–Trinajstić information content (AvgIpc) is 3.32. The van der Waals surface area contributed by atoms with E-state index in [4.69, 9.17) is 4.74 Å². The molecule has 2 fully saturated rings. The third-order valence-corrected chi connectivity index (χ3v) is 8.26. The molecule has 0 bridgehead atoms. The molecule has 0 saturated carbocycles. The summed E-state index contributed by atoms with van der Waals surface area (Å²) >= 11 is 0. The molecule has 2 aliphatic heterocycles. The number of carbonyl (C=O) groups is 1. The second-order valence-corrected chi connectivity index (χ2v) is 10.3. The molecular formula is C23H37N3O4S. The van der Waals surface area contributed by atoms with Gasteiger partial charge in [-0.3, -0.25) is 4.79 Å². The SMILES string of the molecule is CCCOC1CCCN(C(=O)c2cc(S(=O)(=O)N(CC)CC)ccc2N2CCCC2)C1. The van der Waals surface area contributed by atoms with Crippen molar-refractivity contribution in [1.82, 2.24) is 9.21 Å². The molecule has 0 spiro atoms. The minimum atomic E-state index is -3.63. The van der Waals surface area contributed by atoms with Gasteiger partial charge in [0, 0.05) is 51.6 Å². The summed E-state index contributed by atoms with van der Waals surface area (Å²) in [5.74, 6) is -0.0942. The summed E-state index contributed by atoms with van der Waals surface area (Å²) in [7, 11) is -3.63. The number of hydrogen-bond acceptors (Lipinski definition) is 5. The van der Waals surface area contributed by atoms with Crippen molar-refractivity contribution in [2.75, 3.05) is 50.8 Å². The Morgan fingerprint density at radius 2 is 1.81 bits per heavy atom. The van der Waals surface area contributed by atoms with E-state index in [1.807, 2.05) is 24.8 Å². The number of piperidine rings is 1. The van der Waals surface area contributed by atoms with Crippen LogP contribution in [0.5, 0.6) is 0 Å². The lowest BCUT2D eigenvalue weighted by Crippen LogP contribution is -2.43. The normalized spacial score (nSPS) is 19.9. The number of amides is 1. The van der Waals surface area contributed by atoms with Gasteiger partial charge in [-0.1, -0.05) is 20.8 Å². The van der Waals surface area contributed by atoms with E-state index in [1.54, 1.807) is 12.1 Å². The largest absolute Gasteiger partial charge is 0.376 e. The summed E-state index contributed by atoms with van der Waals surface area (Å²) in [6, 6.07) is 5.07. The summed E-state index contributed by atoms with van der Waals surface area (Å²) in [6.45, 7) is 10.3. The summed E-state index contributed by atoms with van der Waals surface area (Å²) in [5, 5.41) is 0. The zero-order valence-electron chi connectivity index (χ0n) is 19.2. The average molecular weight is 452 g/mol. The molecule has 1 atom stereocenters. The summed E-state index contributed by atoms with van der Waals surface area (Å²) in [4.78, 5) is 17.9. The number of ether oxygens (including phenoxy) is 1. The Kier molecular flexibility index (Phi) is 8.36. The highest BCUT2D eigenvalue weighted by Gasteiger charge is 2.30. The van der Waals surface area contributed by atoms with Gasteiger partial charge < -0.3 is 14.5 Å². The van der Waals surface area contributed by atoms with Gasteiger partial charge in [0.1, 0.15) is 0 Å². The maximum absolute atomic E-state index is 13.6. The van der Waals surface area contributed by atoms with Crippen LogP contribution in [0, 0.1) is 0 Å². The molecule has 1 amide bonds. The van der Waals surface area contributed by atoms with Crippen LogP contribution < -0.4 is 4.90 Å². The topological polar surface area (TPSA) is 70.2 Å². The van der Waals surface area contributed by atoms with E-state index in [-0.39, 0.29) is 16.9 Å². The number of benzene rings is 1. The summed E-state index contributed by atoms with van der Waals surface area (Å²) in [5.41, 5.74) is 1.34. The van der Waals surface area contributed by atoms with E-state index in [0.29, 0.717) is 38.3 Å². The second-order valence-electron chi connectivity index (χ2n) is 8.35. The van der Waals surface area contributed by atoms with Crippen LogP contribution in [0.4, 0.5) is 5.69 Å². The standard InChI is InChI=1S/C23H37N3O4S/c1-4-16-30-19-10-9-15-25(18-19)23(27)21-17-20(31(28,29)26(5-2)6-3)11-12-22(21)24-13-7-8-14-24/h11-12,17,19H,4-10,13-16,18H2,1-3H3. The number of sulfonamides is 1. The quantitative estimate of drug-likeness (QED) is 0.576. The van der Waals surface area contributed by atoms with Gasteiger partial charge in [0.2, 0.25) is 10.0 Å². The van der Waals surface area contributed by atoms with Crippen molar-refractivity contribution in [3.63, 3.8) is 0 Å². The molecule has 1 aromatic carbocycles. The van der Waals surface area contributed by atoms with Crippen molar-refractivity contribution < 1.29 is 17.9 Å². The van der Waals surface area contributed by atoms with Gasteiger partial charge in [-0.15, -0.1) is 0 Å². The third-order valence-electron chi connectivity index (χ3n) is 6.21. The maximum Gasteiger partial charge on any atom is 0.256 e. The van der Waals surface area contributed by atoms with Crippen molar-refractivity contribution in [3.05, 3.63) is 23.8 Å². The molecule has 0 N–H and O–H groups in total. The number of rotatable bonds is 9. The van der Waals surface area contributed by atoms with E-state index in [0.717, 1.165) is 50.9 Å². The fourth-order valence-corrected chi connectivity index (χ4v) is 5.99. The number of anilines is 1. The van der Waals surface area contributed by atoms with E-state index in [9.17, 15) is 13.2 Å². The minimum absolute atomic E-state index is 0.0514. The van der Waals surface area contributed by atoms with Crippen molar-refractivity contribution in [1.29, 1.82) is 0 Å². The molecule has 8 heteroatoms. The van der Waals surface area contributed by atoms with Crippen LogP contribution in [0.1, 0.15) is 63.2 Å². The fraction of sp³-hybridized carbons (Fsp3) is 0.696. The predicted molar refractivity (Wildman–Crippen MR) is 123 cm³/mol. The Balaban J connectivity index is 1.94. The maximum atomic E-state index is 13.6. The van der Waals surface area contributed by atoms with Gasteiger partial charge in [-0.25, -0.2) is 8.42 Å². The molecule has 0 aliphatic carbocycles. The van der Waals surface area contributed by atoms with Crippen LogP contribution in [0.25, 0.3) is 0 Å². The Morgan fingerprint density at radius 3 is 2.45 bits per heavy atom. The van der Waals surface area contributed by atoms with Crippen LogP contribution in [-0.2, 0) is 14.8 Å². The first-order chi connectivity index (χ1) is 14.9. The van der Waals surface area contributed by atoms with Gasteiger partial charge in [0.05, 0.1) is 16.6 Å². The highest BCUT2D eigenvalue weighted by Crippen LogP contribution is 2.30. The van der Waals surface area contributed by atoms with Crippen molar-refractivity contribution >= 4 is 21.6 Å². The van der Waals surface area contributed by atoms with Crippen LogP contribution in [0.2, 0.25) is 0 Å². The molecule has 0 radical (unpaired) electrons. The predicted octanol–water partition coefficient (Wildman–Crippen LogP) is 3.35. The number of carbonyl (C=O) groups excluding carboxylic acids is 1. The van der Waals surface area contributed by atoms with Gasteiger partial charge >= 0.3 is 0 Å². The summed E-state index contributed by atoms with van der Waals surface area (Å²) in [6.07, 6.45) is 5.04. The van der Waals surface area contributed by atoms with Gasteiger partial charge in [0.25, 0.3) is 5.91 Å². The molecule has 31 heavy (non-hydrogen) atoms. The minimum Gasteiger partial charge on any atom is -0.376 e. The first-order valence-electron chi connectivity index (χ1n) is 11.7. The lowest BCUT2D eigenvalue weighted by molar-refractivity contribution is 0.00212. The molecule has 174 valence electrons. The third kappa shape index (κ3) is 5.41. The Labute approximate surface area is 187 Å².